The quantitative estimate of drug-likeness (QED) is 0.698. The lowest BCUT2D eigenvalue weighted by Crippen LogP contribution is -2.36. The summed E-state index contributed by atoms with van der Waals surface area (Å²) in [4.78, 5) is 0. The van der Waals surface area contributed by atoms with E-state index in [0.717, 1.165) is 12.5 Å². The van der Waals surface area contributed by atoms with Crippen molar-refractivity contribution in [3.05, 3.63) is 0 Å². The van der Waals surface area contributed by atoms with Crippen LogP contribution >= 0.6 is 0 Å². The average Bonchev–Trinajstić information content (AvgIpc) is 2.94. The molecule has 100 valence electrons. The van der Waals surface area contributed by atoms with E-state index in [2.05, 4.69) is 19.2 Å². The Bertz CT molecular complexity index is 241. The zero-order valence-corrected chi connectivity index (χ0v) is 11.7. The van der Waals surface area contributed by atoms with Gasteiger partial charge >= 0.3 is 0 Å². The minimum Gasteiger partial charge on any atom is -0.330 e. The Morgan fingerprint density at radius 2 is 1.82 bits per heavy atom. The monoisotopic (exact) mass is 238 g/mol. The largest absolute Gasteiger partial charge is 0.330 e. The van der Waals surface area contributed by atoms with Crippen molar-refractivity contribution in [2.24, 2.45) is 22.5 Å². The Hall–Kier alpha value is -0.0800. The van der Waals surface area contributed by atoms with Crippen LogP contribution in [0.15, 0.2) is 0 Å². The molecular formula is C15H30N2. The summed E-state index contributed by atoms with van der Waals surface area (Å²) in [6, 6.07) is 0. The van der Waals surface area contributed by atoms with Crippen LogP contribution in [0.5, 0.6) is 0 Å². The molecule has 2 fully saturated rings. The van der Waals surface area contributed by atoms with Crippen LogP contribution in [-0.2, 0) is 0 Å². The summed E-state index contributed by atoms with van der Waals surface area (Å²) in [7, 11) is 0. The molecule has 0 heterocycles. The molecule has 0 amide bonds. The number of rotatable bonds is 6. The van der Waals surface area contributed by atoms with E-state index in [0.29, 0.717) is 10.8 Å². The molecule has 3 N–H and O–H groups in total. The first-order chi connectivity index (χ1) is 8.08. The predicted octanol–water partition coefficient (Wildman–Crippen LogP) is 2.92. The van der Waals surface area contributed by atoms with Crippen LogP contribution < -0.4 is 11.1 Å². The second kappa shape index (κ2) is 5.27. The summed E-state index contributed by atoms with van der Waals surface area (Å²) >= 11 is 0. The minimum atomic E-state index is 0.477. The lowest BCUT2D eigenvalue weighted by Gasteiger charge is -2.36. The minimum absolute atomic E-state index is 0.477. The van der Waals surface area contributed by atoms with Crippen molar-refractivity contribution >= 4 is 0 Å². The molecule has 0 aromatic rings. The Morgan fingerprint density at radius 3 is 2.35 bits per heavy atom. The van der Waals surface area contributed by atoms with Gasteiger partial charge in [0.15, 0.2) is 0 Å². The second-order valence-corrected chi connectivity index (χ2v) is 7.11. The Morgan fingerprint density at radius 1 is 1.18 bits per heavy atom. The topological polar surface area (TPSA) is 38.0 Å². The van der Waals surface area contributed by atoms with E-state index in [1.165, 1.54) is 58.0 Å². The fourth-order valence-corrected chi connectivity index (χ4v) is 3.41. The third kappa shape index (κ3) is 3.45. The molecule has 0 radical (unpaired) electrons. The molecule has 0 aliphatic heterocycles. The van der Waals surface area contributed by atoms with Crippen LogP contribution in [0.25, 0.3) is 0 Å². The molecule has 2 saturated carbocycles. The molecule has 2 aliphatic rings. The van der Waals surface area contributed by atoms with Crippen molar-refractivity contribution in [1.29, 1.82) is 0 Å². The van der Waals surface area contributed by atoms with Gasteiger partial charge in [-0.1, -0.05) is 33.1 Å². The van der Waals surface area contributed by atoms with Gasteiger partial charge in [0.2, 0.25) is 0 Å². The summed E-state index contributed by atoms with van der Waals surface area (Å²) in [5.74, 6) is 0.919. The Balaban J connectivity index is 1.63. The number of nitrogens with one attached hydrogen (secondary N) is 1. The van der Waals surface area contributed by atoms with Crippen molar-refractivity contribution < 1.29 is 0 Å². The molecule has 2 nitrogen and oxygen atoms in total. The van der Waals surface area contributed by atoms with Gasteiger partial charge in [0.05, 0.1) is 0 Å². The predicted molar refractivity (Wildman–Crippen MR) is 73.9 cm³/mol. The van der Waals surface area contributed by atoms with Gasteiger partial charge in [-0.05, 0) is 62.1 Å². The second-order valence-electron chi connectivity index (χ2n) is 7.11. The highest BCUT2D eigenvalue weighted by Crippen LogP contribution is 2.51. The maximum atomic E-state index is 6.01. The molecule has 1 unspecified atom stereocenters. The summed E-state index contributed by atoms with van der Waals surface area (Å²) in [6.07, 6.45) is 9.63. The van der Waals surface area contributed by atoms with Gasteiger partial charge < -0.3 is 11.1 Å². The number of nitrogens with two attached hydrogens (primary N) is 1. The van der Waals surface area contributed by atoms with Gasteiger partial charge in [-0.15, -0.1) is 0 Å². The summed E-state index contributed by atoms with van der Waals surface area (Å²) in [5, 5.41) is 3.65. The first-order valence-electron chi connectivity index (χ1n) is 7.49. The molecule has 17 heavy (non-hydrogen) atoms. The lowest BCUT2D eigenvalue weighted by molar-refractivity contribution is 0.181. The van der Waals surface area contributed by atoms with E-state index in [-0.39, 0.29) is 0 Å². The Labute approximate surface area is 107 Å². The van der Waals surface area contributed by atoms with Crippen LogP contribution in [0.3, 0.4) is 0 Å². The molecule has 2 heteroatoms. The van der Waals surface area contributed by atoms with E-state index in [9.17, 15) is 0 Å². The molecule has 0 saturated heterocycles. The molecule has 2 rings (SSSR count). The normalized spacial score (nSPS) is 30.2. The van der Waals surface area contributed by atoms with Crippen molar-refractivity contribution in [1.82, 2.24) is 5.32 Å². The van der Waals surface area contributed by atoms with E-state index in [4.69, 9.17) is 5.73 Å². The summed E-state index contributed by atoms with van der Waals surface area (Å²) in [6.45, 7) is 8.03. The maximum Gasteiger partial charge on any atom is -0.00152 e. The summed E-state index contributed by atoms with van der Waals surface area (Å²) in [5.41, 5.74) is 7.10. The Kier molecular flexibility index (Phi) is 4.14. The zero-order chi connectivity index (χ0) is 12.4. The van der Waals surface area contributed by atoms with Gasteiger partial charge in [0, 0.05) is 0 Å². The molecular weight excluding hydrogens is 208 g/mol. The standard InChI is InChI=1S/C15H30N2/c1-14(2)10-13(14)11-17-9-8-15(12-16)6-4-3-5-7-15/h13,17H,3-12,16H2,1-2H3. The van der Waals surface area contributed by atoms with Gasteiger partial charge in [-0.25, -0.2) is 0 Å². The van der Waals surface area contributed by atoms with E-state index < -0.39 is 0 Å². The van der Waals surface area contributed by atoms with E-state index in [1.807, 2.05) is 0 Å². The molecule has 1 atom stereocenters. The average molecular weight is 238 g/mol. The van der Waals surface area contributed by atoms with E-state index >= 15 is 0 Å². The highest BCUT2D eigenvalue weighted by molar-refractivity contribution is 4.96. The molecule has 2 aliphatic carbocycles. The van der Waals surface area contributed by atoms with E-state index in [1.54, 1.807) is 0 Å². The number of hydrogen-bond acceptors (Lipinski definition) is 2. The van der Waals surface area contributed by atoms with Crippen LogP contribution in [0.2, 0.25) is 0 Å². The third-order valence-electron chi connectivity index (χ3n) is 5.29. The summed E-state index contributed by atoms with van der Waals surface area (Å²) < 4.78 is 0. The van der Waals surface area contributed by atoms with Crippen LogP contribution in [-0.4, -0.2) is 19.6 Å². The number of hydrogen-bond donors (Lipinski definition) is 2. The van der Waals surface area contributed by atoms with Gasteiger partial charge in [0.1, 0.15) is 0 Å². The maximum absolute atomic E-state index is 6.01. The molecule has 0 spiro atoms. The van der Waals surface area contributed by atoms with Crippen molar-refractivity contribution in [2.75, 3.05) is 19.6 Å². The van der Waals surface area contributed by atoms with Crippen molar-refractivity contribution in [2.45, 2.75) is 58.8 Å². The first-order valence-corrected chi connectivity index (χ1v) is 7.49. The van der Waals surface area contributed by atoms with Crippen molar-refractivity contribution in [3.63, 3.8) is 0 Å². The molecule has 0 aromatic carbocycles. The van der Waals surface area contributed by atoms with Crippen LogP contribution in [0.1, 0.15) is 58.8 Å². The highest BCUT2D eigenvalue weighted by Gasteiger charge is 2.44. The van der Waals surface area contributed by atoms with Crippen molar-refractivity contribution in [3.8, 4) is 0 Å². The fourth-order valence-electron chi connectivity index (χ4n) is 3.41. The van der Waals surface area contributed by atoms with Gasteiger partial charge in [0.25, 0.3) is 0 Å². The lowest BCUT2D eigenvalue weighted by atomic mass is 9.72. The first kappa shape index (κ1) is 13.4. The highest BCUT2D eigenvalue weighted by atomic mass is 14.9. The smallest absolute Gasteiger partial charge is 0.00152 e. The van der Waals surface area contributed by atoms with Crippen LogP contribution in [0.4, 0.5) is 0 Å². The molecule has 0 aromatic heterocycles. The van der Waals surface area contributed by atoms with Gasteiger partial charge in [-0.3, -0.25) is 0 Å². The fraction of sp³-hybridized carbons (Fsp3) is 1.00. The zero-order valence-electron chi connectivity index (χ0n) is 11.7. The molecule has 0 bridgehead atoms. The van der Waals surface area contributed by atoms with Crippen LogP contribution in [0, 0.1) is 16.7 Å². The third-order valence-corrected chi connectivity index (χ3v) is 5.29. The SMILES string of the molecule is CC1(C)CC1CNCCC1(CN)CCCCC1. The van der Waals surface area contributed by atoms with Gasteiger partial charge in [-0.2, -0.15) is 0 Å².